The van der Waals surface area contributed by atoms with Gasteiger partial charge in [0.1, 0.15) is 4.90 Å². The molecule has 0 saturated heterocycles. The Morgan fingerprint density at radius 3 is 2.18 bits per heavy atom. The van der Waals surface area contributed by atoms with Gasteiger partial charge >= 0.3 is 0 Å². The van der Waals surface area contributed by atoms with Crippen LogP contribution in [0.25, 0.3) is 10.4 Å². The lowest BCUT2D eigenvalue weighted by Gasteiger charge is -2.11. The Morgan fingerprint density at radius 1 is 0.955 bits per heavy atom. The number of nitrogens with zero attached hydrogens (tertiary/aromatic N) is 3. The lowest BCUT2D eigenvalue weighted by Crippen LogP contribution is -2.11. The predicted molar refractivity (Wildman–Crippen MR) is 79.1 cm³/mol. The summed E-state index contributed by atoms with van der Waals surface area (Å²) in [6.45, 7) is 0. The highest BCUT2D eigenvalue weighted by Gasteiger charge is 2.29. The van der Waals surface area contributed by atoms with Gasteiger partial charge in [0.15, 0.2) is 0 Å². The smallest absolute Gasteiger partial charge is 0.265 e. The average Bonchev–Trinajstić information content (AvgIpc) is 2.47. The first-order valence-corrected chi connectivity index (χ1v) is 8.73. The largest absolute Gasteiger partial charge is 0.398 e. The van der Waals surface area contributed by atoms with Crippen LogP contribution in [0.1, 0.15) is 0 Å². The van der Waals surface area contributed by atoms with E-state index in [0.29, 0.717) is 0 Å². The molecule has 2 aromatic rings. The van der Waals surface area contributed by atoms with Crippen LogP contribution in [-0.2, 0) is 19.9 Å². The third kappa shape index (κ3) is 2.75. The van der Waals surface area contributed by atoms with Crippen LogP contribution in [0, 0.1) is 0 Å². The third-order valence-corrected chi connectivity index (χ3v) is 5.95. The maximum absolute atomic E-state index is 12.6. The fourth-order valence-electron chi connectivity index (χ4n) is 1.83. The monoisotopic (exact) mass is 338 g/mol. The van der Waals surface area contributed by atoms with Crippen molar-refractivity contribution in [2.45, 2.75) is 14.7 Å². The summed E-state index contributed by atoms with van der Waals surface area (Å²) in [6, 6.07) is 10.8. The molecular weight excluding hydrogens is 328 g/mol. The summed E-state index contributed by atoms with van der Waals surface area (Å²) in [5, 5.41) is 0. The Balaban J connectivity index is 2.85. The van der Waals surface area contributed by atoms with E-state index in [0.717, 1.165) is 6.07 Å². The number of sulfone groups is 1. The minimum Gasteiger partial charge on any atom is -0.398 e. The number of hydrogen-bond donors (Lipinski definition) is 1. The predicted octanol–water partition coefficient (Wildman–Crippen LogP) is 2.10. The van der Waals surface area contributed by atoms with Crippen molar-refractivity contribution in [1.29, 1.82) is 0 Å². The van der Waals surface area contributed by atoms with Crippen LogP contribution in [0.3, 0.4) is 0 Å². The molecule has 114 valence electrons. The molecule has 0 fully saturated rings. The minimum absolute atomic E-state index is 0.120. The zero-order valence-electron chi connectivity index (χ0n) is 11.0. The topological polar surface area (TPSA) is 143 Å². The molecule has 2 N–H and O–H groups in total. The van der Waals surface area contributed by atoms with Gasteiger partial charge in [-0.25, -0.2) is 16.8 Å². The molecule has 0 amide bonds. The number of anilines is 1. The second-order valence-electron chi connectivity index (χ2n) is 4.14. The molecule has 0 atom stereocenters. The highest BCUT2D eigenvalue weighted by molar-refractivity contribution is 7.94. The molecule has 0 aliphatic heterocycles. The Kier molecular flexibility index (Phi) is 4.09. The van der Waals surface area contributed by atoms with Gasteiger partial charge in [0.2, 0.25) is 9.84 Å². The van der Waals surface area contributed by atoms with E-state index in [-0.39, 0.29) is 10.6 Å². The first-order valence-electron chi connectivity index (χ1n) is 5.80. The summed E-state index contributed by atoms with van der Waals surface area (Å²) in [4.78, 5) is 0.829. The summed E-state index contributed by atoms with van der Waals surface area (Å²) in [7, 11) is -8.69. The molecule has 0 aromatic heterocycles. The van der Waals surface area contributed by atoms with Crippen LogP contribution in [-0.4, -0.2) is 16.8 Å². The second-order valence-corrected chi connectivity index (χ2v) is 7.58. The van der Waals surface area contributed by atoms with Crippen LogP contribution >= 0.6 is 0 Å². The first-order chi connectivity index (χ1) is 10.3. The van der Waals surface area contributed by atoms with Crippen molar-refractivity contribution in [2.24, 2.45) is 4.52 Å². The molecule has 2 rings (SSSR count). The number of azide groups is 1. The van der Waals surface area contributed by atoms with Gasteiger partial charge in [-0.05, 0) is 29.8 Å². The average molecular weight is 338 g/mol. The molecule has 0 heterocycles. The van der Waals surface area contributed by atoms with Crippen molar-refractivity contribution in [3.63, 3.8) is 0 Å². The van der Waals surface area contributed by atoms with Gasteiger partial charge in [-0.1, -0.05) is 24.3 Å². The van der Waals surface area contributed by atoms with E-state index in [1.165, 1.54) is 36.4 Å². The molecule has 0 spiro atoms. The number of hydrogen-bond acceptors (Lipinski definition) is 5. The van der Waals surface area contributed by atoms with E-state index in [4.69, 9.17) is 11.3 Å². The van der Waals surface area contributed by atoms with Crippen LogP contribution in [0.2, 0.25) is 0 Å². The Morgan fingerprint density at radius 2 is 1.59 bits per heavy atom. The molecular formula is C12H10N4O4S2. The lowest BCUT2D eigenvalue weighted by molar-refractivity contribution is 0.584. The van der Waals surface area contributed by atoms with Crippen molar-refractivity contribution in [2.75, 3.05) is 5.73 Å². The van der Waals surface area contributed by atoms with Crippen molar-refractivity contribution < 1.29 is 16.8 Å². The fourth-order valence-corrected chi connectivity index (χ4v) is 4.73. The van der Waals surface area contributed by atoms with Gasteiger partial charge in [-0.3, -0.25) is 0 Å². The third-order valence-electron chi connectivity index (χ3n) is 2.75. The van der Waals surface area contributed by atoms with Gasteiger partial charge in [-0.2, -0.15) is 0 Å². The summed E-state index contributed by atoms with van der Waals surface area (Å²) < 4.78 is 51.8. The summed E-state index contributed by atoms with van der Waals surface area (Å²) in [5.41, 5.74) is 13.7. The Bertz CT molecular complexity index is 963. The van der Waals surface area contributed by atoms with E-state index in [9.17, 15) is 16.8 Å². The van der Waals surface area contributed by atoms with E-state index < -0.39 is 29.7 Å². The molecule has 0 saturated carbocycles. The summed E-state index contributed by atoms with van der Waals surface area (Å²) in [6.07, 6.45) is 0. The lowest BCUT2D eigenvalue weighted by atomic mass is 10.3. The van der Waals surface area contributed by atoms with E-state index in [2.05, 4.69) is 9.43 Å². The molecule has 0 unspecified atom stereocenters. The number of nitrogens with two attached hydrogens (primary N) is 1. The van der Waals surface area contributed by atoms with Crippen molar-refractivity contribution in [3.05, 3.63) is 59.0 Å². The molecule has 2 aromatic carbocycles. The van der Waals surface area contributed by atoms with Gasteiger partial charge < -0.3 is 5.73 Å². The molecule has 0 aliphatic carbocycles. The van der Waals surface area contributed by atoms with Crippen molar-refractivity contribution >= 4 is 25.5 Å². The number of sulfonamides is 1. The molecule has 10 heteroatoms. The summed E-state index contributed by atoms with van der Waals surface area (Å²) >= 11 is 0. The number of rotatable bonds is 4. The molecule has 0 aliphatic rings. The van der Waals surface area contributed by atoms with Crippen LogP contribution < -0.4 is 5.73 Å². The van der Waals surface area contributed by atoms with Crippen molar-refractivity contribution in [1.82, 2.24) is 0 Å². The highest BCUT2D eigenvalue weighted by Crippen LogP contribution is 2.32. The minimum atomic E-state index is -4.51. The molecule has 0 radical (unpaired) electrons. The van der Waals surface area contributed by atoms with Gasteiger partial charge in [0.25, 0.3) is 10.0 Å². The van der Waals surface area contributed by atoms with Crippen LogP contribution in [0.5, 0.6) is 0 Å². The standard InChI is InChI=1S/C12H10N4O4S2/c13-10-7-4-8-11(22(19,20)16-15-14)12(10)21(17,18)9-5-2-1-3-6-9/h1-8H,13H2. The maximum atomic E-state index is 12.6. The Labute approximate surface area is 126 Å². The number of benzene rings is 2. The van der Waals surface area contributed by atoms with Gasteiger partial charge in [0.05, 0.1) is 15.5 Å². The van der Waals surface area contributed by atoms with Crippen molar-refractivity contribution in [3.8, 4) is 0 Å². The van der Waals surface area contributed by atoms with Crippen LogP contribution in [0.4, 0.5) is 5.69 Å². The van der Waals surface area contributed by atoms with E-state index in [1.54, 1.807) is 6.07 Å². The van der Waals surface area contributed by atoms with Crippen LogP contribution in [0.15, 0.2) is 67.7 Å². The van der Waals surface area contributed by atoms with E-state index in [1.807, 2.05) is 0 Å². The summed E-state index contributed by atoms with van der Waals surface area (Å²) in [5.74, 6) is 0. The molecule has 8 nitrogen and oxygen atoms in total. The van der Waals surface area contributed by atoms with Gasteiger partial charge in [-0.15, -0.1) is 0 Å². The fraction of sp³-hybridized carbons (Fsp3) is 0. The quantitative estimate of drug-likeness (QED) is 0.393. The zero-order chi connectivity index (χ0) is 16.4. The second kappa shape index (κ2) is 5.68. The molecule has 22 heavy (non-hydrogen) atoms. The first kappa shape index (κ1) is 15.8. The SMILES string of the molecule is [N-]=[N+]=NS(=O)(=O)c1cccc(N)c1S(=O)(=O)c1ccccc1. The normalized spacial score (nSPS) is 11.6. The number of nitrogen functional groups attached to an aromatic ring is 1. The molecule has 0 bridgehead atoms. The zero-order valence-corrected chi connectivity index (χ0v) is 12.6. The Hall–Kier alpha value is -2.55. The highest BCUT2D eigenvalue weighted by atomic mass is 32.2. The maximum Gasteiger partial charge on any atom is 0.265 e. The van der Waals surface area contributed by atoms with Gasteiger partial charge in [0, 0.05) is 9.43 Å². The van der Waals surface area contributed by atoms with E-state index >= 15 is 0 Å².